The van der Waals surface area contributed by atoms with Crippen LogP contribution in [0.3, 0.4) is 0 Å². The number of carbonyl (C=O) groups excluding carboxylic acids is 1. The van der Waals surface area contributed by atoms with Gasteiger partial charge in [0.15, 0.2) is 0 Å². The second-order valence-electron chi connectivity index (χ2n) is 5.04. The molecule has 0 spiro atoms. The summed E-state index contributed by atoms with van der Waals surface area (Å²) in [6.07, 6.45) is 3.94. The molecule has 1 aliphatic rings. The number of nitrogens with zero attached hydrogens (tertiary/aromatic N) is 1. The predicted molar refractivity (Wildman–Crippen MR) is 85.7 cm³/mol. The molecule has 3 nitrogen and oxygen atoms in total. The fourth-order valence-electron chi connectivity index (χ4n) is 2.46. The Bertz CT molecular complexity index is 427. The van der Waals surface area contributed by atoms with Crippen LogP contribution >= 0.6 is 39.7 Å². The van der Waals surface area contributed by atoms with E-state index in [0.717, 1.165) is 17.3 Å². The van der Waals surface area contributed by atoms with Gasteiger partial charge in [-0.25, -0.2) is 0 Å². The molecule has 0 bridgehead atoms. The Morgan fingerprint density at radius 1 is 1.58 bits per heavy atom. The maximum Gasteiger partial charge on any atom is 0.222 e. The molecule has 6 heteroatoms. The Kier molecular flexibility index (Phi) is 6.80. The number of thiophene rings is 1. The molecule has 2 rings (SSSR count). The van der Waals surface area contributed by atoms with E-state index < -0.39 is 0 Å². The van der Waals surface area contributed by atoms with Gasteiger partial charge in [0, 0.05) is 34.2 Å². The highest BCUT2D eigenvalue weighted by atomic mass is 79.9. The van der Waals surface area contributed by atoms with Crippen LogP contribution in [0.15, 0.2) is 15.9 Å². The van der Waals surface area contributed by atoms with Crippen molar-refractivity contribution in [3.8, 4) is 0 Å². The summed E-state index contributed by atoms with van der Waals surface area (Å²) >= 11 is 5.10. The summed E-state index contributed by atoms with van der Waals surface area (Å²) in [5.74, 6) is 0.594. The molecule has 1 aliphatic carbocycles. The van der Waals surface area contributed by atoms with E-state index >= 15 is 0 Å². The van der Waals surface area contributed by atoms with Gasteiger partial charge in [0.1, 0.15) is 0 Å². The largest absolute Gasteiger partial charge is 0.341 e. The molecule has 19 heavy (non-hydrogen) atoms. The van der Waals surface area contributed by atoms with Crippen LogP contribution in [0.1, 0.15) is 30.6 Å². The number of hydrogen-bond donors (Lipinski definition) is 1. The first kappa shape index (κ1) is 17.0. The molecule has 2 atom stereocenters. The van der Waals surface area contributed by atoms with Gasteiger partial charge in [0.25, 0.3) is 0 Å². The van der Waals surface area contributed by atoms with Gasteiger partial charge in [-0.3, -0.25) is 4.79 Å². The van der Waals surface area contributed by atoms with E-state index in [2.05, 4.69) is 22.0 Å². The van der Waals surface area contributed by atoms with Gasteiger partial charge >= 0.3 is 0 Å². The van der Waals surface area contributed by atoms with Gasteiger partial charge in [-0.15, -0.1) is 23.7 Å². The summed E-state index contributed by atoms with van der Waals surface area (Å²) in [7, 11) is 1.87. The quantitative estimate of drug-likeness (QED) is 0.886. The highest BCUT2D eigenvalue weighted by Crippen LogP contribution is 2.28. The van der Waals surface area contributed by atoms with Gasteiger partial charge in [-0.1, -0.05) is 6.42 Å². The normalized spacial score (nSPS) is 22.1. The zero-order chi connectivity index (χ0) is 13.1. The summed E-state index contributed by atoms with van der Waals surface area (Å²) in [4.78, 5) is 15.1. The highest BCUT2D eigenvalue weighted by molar-refractivity contribution is 9.10. The van der Waals surface area contributed by atoms with Crippen molar-refractivity contribution >= 4 is 45.6 Å². The van der Waals surface area contributed by atoms with Crippen LogP contribution in [0.4, 0.5) is 0 Å². The third-order valence-electron chi connectivity index (χ3n) is 3.60. The summed E-state index contributed by atoms with van der Waals surface area (Å²) in [5, 5.41) is 2.04. The summed E-state index contributed by atoms with van der Waals surface area (Å²) in [6.45, 7) is 0.692. The van der Waals surface area contributed by atoms with Crippen LogP contribution < -0.4 is 5.73 Å². The Labute approximate surface area is 133 Å². The van der Waals surface area contributed by atoms with Crippen molar-refractivity contribution in [2.45, 2.75) is 38.3 Å². The van der Waals surface area contributed by atoms with E-state index in [0.29, 0.717) is 18.9 Å². The molecule has 1 amide bonds. The second-order valence-corrected chi connectivity index (χ2v) is 6.95. The molecular weight excluding hydrogens is 348 g/mol. The molecule has 0 aliphatic heterocycles. The first-order valence-corrected chi connectivity index (χ1v) is 7.96. The minimum absolute atomic E-state index is 0. The molecular formula is C13H20BrClN2OS. The van der Waals surface area contributed by atoms with Crippen molar-refractivity contribution in [2.24, 2.45) is 11.7 Å². The first-order valence-electron chi connectivity index (χ1n) is 6.28. The average Bonchev–Trinajstić information content (AvgIpc) is 2.89. The third-order valence-corrected chi connectivity index (χ3v) is 5.28. The lowest BCUT2D eigenvalue weighted by molar-refractivity contribution is -0.131. The minimum Gasteiger partial charge on any atom is -0.341 e. The summed E-state index contributed by atoms with van der Waals surface area (Å²) in [5.41, 5.74) is 6.01. The fourth-order valence-corrected chi connectivity index (χ4v) is 3.96. The number of rotatable bonds is 4. The molecule has 1 heterocycles. The number of nitrogens with two attached hydrogens (primary N) is 1. The van der Waals surface area contributed by atoms with E-state index in [4.69, 9.17) is 5.73 Å². The van der Waals surface area contributed by atoms with Crippen molar-refractivity contribution in [2.75, 3.05) is 7.05 Å². The SMILES string of the molecule is CN(Cc1cc(Br)cs1)C(=O)C[C@@H]1CCC[C@H]1N.Cl. The molecule has 1 fully saturated rings. The number of amides is 1. The zero-order valence-corrected chi connectivity index (χ0v) is 14.2. The van der Waals surface area contributed by atoms with Gasteiger partial charge in [0.2, 0.25) is 5.91 Å². The molecule has 0 radical (unpaired) electrons. The molecule has 2 N–H and O–H groups in total. The third kappa shape index (κ3) is 4.74. The van der Waals surface area contributed by atoms with Crippen LogP contribution in [0.2, 0.25) is 0 Å². The Morgan fingerprint density at radius 3 is 2.84 bits per heavy atom. The molecule has 1 aromatic rings. The first-order chi connectivity index (χ1) is 8.56. The number of carbonyl (C=O) groups is 1. The maximum atomic E-state index is 12.1. The van der Waals surface area contributed by atoms with Crippen molar-refractivity contribution in [1.29, 1.82) is 0 Å². The van der Waals surface area contributed by atoms with Crippen molar-refractivity contribution in [3.05, 3.63) is 20.8 Å². The van der Waals surface area contributed by atoms with Gasteiger partial charge in [-0.2, -0.15) is 0 Å². The molecule has 0 saturated heterocycles. The standard InChI is InChI=1S/C13H19BrN2OS.ClH/c1-16(7-11-6-10(14)8-18-11)13(17)5-9-3-2-4-12(9)15;/h6,8-9,12H,2-5,7,15H2,1H3;1H/t9-,12+;/m0./s1. The zero-order valence-electron chi connectivity index (χ0n) is 11.0. The topological polar surface area (TPSA) is 46.3 Å². The smallest absolute Gasteiger partial charge is 0.222 e. The Balaban J connectivity index is 0.00000180. The van der Waals surface area contributed by atoms with Crippen molar-refractivity contribution in [3.63, 3.8) is 0 Å². The lowest BCUT2D eigenvalue weighted by atomic mass is 9.99. The molecule has 0 aromatic carbocycles. The van der Waals surface area contributed by atoms with E-state index in [1.807, 2.05) is 17.3 Å². The van der Waals surface area contributed by atoms with Gasteiger partial charge in [0.05, 0.1) is 6.54 Å². The van der Waals surface area contributed by atoms with Gasteiger partial charge in [-0.05, 0) is 40.8 Å². The van der Waals surface area contributed by atoms with Crippen molar-refractivity contribution in [1.82, 2.24) is 4.90 Å². The molecule has 0 unspecified atom stereocenters. The van der Waals surface area contributed by atoms with E-state index in [1.54, 1.807) is 11.3 Å². The fraction of sp³-hybridized carbons (Fsp3) is 0.615. The van der Waals surface area contributed by atoms with E-state index in [-0.39, 0.29) is 24.4 Å². The van der Waals surface area contributed by atoms with Crippen LogP contribution in [0, 0.1) is 5.92 Å². The molecule has 1 aromatic heterocycles. The van der Waals surface area contributed by atoms with Gasteiger partial charge < -0.3 is 10.6 Å². The maximum absolute atomic E-state index is 12.1. The van der Waals surface area contributed by atoms with Crippen LogP contribution in [0.5, 0.6) is 0 Å². The second kappa shape index (κ2) is 7.62. The van der Waals surface area contributed by atoms with Crippen LogP contribution in [-0.2, 0) is 11.3 Å². The monoisotopic (exact) mass is 366 g/mol. The van der Waals surface area contributed by atoms with Crippen LogP contribution in [0.25, 0.3) is 0 Å². The van der Waals surface area contributed by atoms with E-state index in [9.17, 15) is 4.79 Å². The number of halogens is 2. The minimum atomic E-state index is 0. The Morgan fingerprint density at radius 2 is 2.32 bits per heavy atom. The lowest BCUT2D eigenvalue weighted by Crippen LogP contribution is -2.32. The number of hydrogen-bond acceptors (Lipinski definition) is 3. The Hall–Kier alpha value is -0.100. The van der Waals surface area contributed by atoms with Crippen LogP contribution in [-0.4, -0.2) is 23.9 Å². The average molecular weight is 368 g/mol. The predicted octanol–water partition coefficient (Wildman–Crippen LogP) is 3.41. The lowest BCUT2D eigenvalue weighted by Gasteiger charge is -2.20. The molecule has 1 saturated carbocycles. The van der Waals surface area contributed by atoms with E-state index in [1.165, 1.54) is 11.3 Å². The highest BCUT2D eigenvalue weighted by Gasteiger charge is 2.27. The summed E-state index contributed by atoms with van der Waals surface area (Å²) < 4.78 is 1.08. The summed E-state index contributed by atoms with van der Waals surface area (Å²) in [6, 6.07) is 2.29. The molecule has 108 valence electrons. The van der Waals surface area contributed by atoms with Crippen molar-refractivity contribution < 1.29 is 4.79 Å².